The highest BCUT2D eigenvalue weighted by Gasteiger charge is 2.07. The lowest BCUT2D eigenvalue weighted by Crippen LogP contribution is -2.33. The monoisotopic (exact) mass is 258 g/mol. The van der Waals surface area contributed by atoms with Crippen molar-refractivity contribution in [2.24, 2.45) is 0 Å². The number of aromatic amines is 1. The fourth-order valence-electron chi connectivity index (χ4n) is 1.87. The van der Waals surface area contributed by atoms with Crippen LogP contribution < -0.4 is 10.6 Å². The number of rotatable bonds is 6. The van der Waals surface area contributed by atoms with Crippen molar-refractivity contribution in [1.29, 1.82) is 0 Å². The van der Waals surface area contributed by atoms with Crippen molar-refractivity contribution in [2.75, 3.05) is 13.1 Å². The van der Waals surface area contributed by atoms with Crippen LogP contribution in [0.2, 0.25) is 0 Å². The Morgan fingerprint density at radius 3 is 2.84 bits per heavy atom. The molecule has 1 heterocycles. The Morgan fingerprint density at radius 1 is 1.32 bits per heavy atom. The minimum atomic E-state index is 0.00672. The molecular weight excluding hydrogens is 240 g/mol. The largest absolute Gasteiger partial charge is 0.355 e. The molecule has 2 aromatic rings. The summed E-state index contributed by atoms with van der Waals surface area (Å²) in [4.78, 5) is 11.3. The molecule has 0 radical (unpaired) electrons. The molecule has 0 bridgehead atoms. The fourth-order valence-corrected chi connectivity index (χ4v) is 1.87. The minimum Gasteiger partial charge on any atom is -0.355 e. The van der Waals surface area contributed by atoms with E-state index in [1.807, 2.05) is 37.3 Å². The predicted octanol–water partition coefficient (Wildman–Crippen LogP) is 1.30. The van der Waals surface area contributed by atoms with Crippen molar-refractivity contribution in [3.05, 3.63) is 42.1 Å². The van der Waals surface area contributed by atoms with E-state index in [0.29, 0.717) is 19.6 Å². The SMILES string of the molecule is CCNC(=O)CNCc1cn[nH]c1-c1ccccc1. The summed E-state index contributed by atoms with van der Waals surface area (Å²) >= 11 is 0. The third-order valence-corrected chi connectivity index (χ3v) is 2.76. The first-order valence-corrected chi connectivity index (χ1v) is 6.36. The normalized spacial score (nSPS) is 10.4. The number of hydrogen-bond acceptors (Lipinski definition) is 3. The Morgan fingerprint density at radius 2 is 2.11 bits per heavy atom. The van der Waals surface area contributed by atoms with Gasteiger partial charge in [0, 0.05) is 18.7 Å². The van der Waals surface area contributed by atoms with Gasteiger partial charge in [0.2, 0.25) is 5.91 Å². The molecule has 0 atom stereocenters. The molecule has 0 saturated heterocycles. The van der Waals surface area contributed by atoms with Crippen LogP contribution in [0.15, 0.2) is 36.5 Å². The summed E-state index contributed by atoms with van der Waals surface area (Å²) in [6, 6.07) is 10.0. The molecule has 5 heteroatoms. The average Bonchev–Trinajstić information content (AvgIpc) is 2.88. The second-order valence-corrected chi connectivity index (χ2v) is 4.19. The molecule has 19 heavy (non-hydrogen) atoms. The van der Waals surface area contributed by atoms with E-state index in [4.69, 9.17) is 0 Å². The predicted molar refractivity (Wildman–Crippen MR) is 74.4 cm³/mol. The summed E-state index contributed by atoms with van der Waals surface area (Å²) in [5, 5.41) is 12.9. The second-order valence-electron chi connectivity index (χ2n) is 4.19. The lowest BCUT2D eigenvalue weighted by atomic mass is 10.1. The Balaban J connectivity index is 1.95. The first-order chi connectivity index (χ1) is 9.31. The van der Waals surface area contributed by atoms with Gasteiger partial charge in [-0.25, -0.2) is 0 Å². The molecule has 1 aromatic carbocycles. The van der Waals surface area contributed by atoms with Crippen LogP contribution in [-0.4, -0.2) is 29.2 Å². The van der Waals surface area contributed by atoms with E-state index in [-0.39, 0.29) is 5.91 Å². The molecule has 0 unspecified atom stereocenters. The number of likely N-dealkylation sites (N-methyl/N-ethyl adjacent to an activating group) is 1. The third kappa shape index (κ3) is 3.66. The molecule has 1 amide bonds. The first-order valence-electron chi connectivity index (χ1n) is 6.36. The zero-order valence-electron chi connectivity index (χ0n) is 10.9. The van der Waals surface area contributed by atoms with E-state index in [2.05, 4.69) is 20.8 Å². The van der Waals surface area contributed by atoms with Gasteiger partial charge in [0.05, 0.1) is 18.4 Å². The minimum absolute atomic E-state index is 0.00672. The molecule has 0 aliphatic heterocycles. The highest BCUT2D eigenvalue weighted by atomic mass is 16.1. The number of aromatic nitrogens is 2. The van der Waals surface area contributed by atoms with Gasteiger partial charge in [-0.3, -0.25) is 9.89 Å². The molecule has 1 aromatic heterocycles. The zero-order chi connectivity index (χ0) is 13.5. The van der Waals surface area contributed by atoms with Gasteiger partial charge in [0.15, 0.2) is 0 Å². The highest BCUT2D eigenvalue weighted by molar-refractivity contribution is 5.77. The van der Waals surface area contributed by atoms with E-state index in [1.165, 1.54) is 0 Å². The van der Waals surface area contributed by atoms with Gasteiger partial charge >= 0.3 is 0 Å². The van der Waals surface area contributed by atoms with Gasteiger partial charge in [-0.15, -0.1) is 0 Å². The average molecular weight is 258 g/mol. The van der Waals surface area contributed by atoms with Crippen LogP contribution in [0, 0.1) is 0 Å². The molecule has 2 rings (SSSR count). The molecule has 100 valence electrons. The molecule has 0 saturated carbocycles. The van der Waals surface area contributed by atoms with Crippen LogP contribution in [0.25, 0.3) is 11.3 Å². The Labute approximate surface area is 112 Å². The van der Waals surface area contributed by atoms with Crippen LogP contribution in [-0.2, 0) is 11.3 Å². The highest BCUT2D eigenvalue weighted by Crippen LogP contribution is 2.20. The summed E-state index contributed by atoms with van der Waals surface area (Å²) in [5.41, 5.74) is 3.13. The van der Waals surface area contributed by atoms with Crippen molar-refractivity contribution in [3.8, 4) is 11.3 Å². The van der Waals surface area contributed by atoms with Crippen molar-refractivity contribution in [2.45, 2.75) is 13.5 Å². The smallest absolute Gasteiger partial charge is 0.233 e. The van der Waals surface area contributed by atoms with Gasteiger partial charge in [-0.05, 0) is 12.5 Å². The van der Waals surface area contributed by atoms with Crippen molar-refractivity contribution < 1.29 is 4.79 Å². The molecular formula is C14H18N4O. The molecule has 0 fully saturated rings. The number of nitrogens with one attached hydrogen (secondary N) is 3. The van der Waals surface area contributed by atoms with Gasteiger partial charge in [0.1, 0.15) is 0 Å². The quantitative estimate of drug-likeness (QED) is 0.731. The van der Waals surface area contributed by atoms with Crippen LogP contribution in [0.1, 0.15) is 12.5 Å². The molecule has 0 spiro atoms. The maximum atomic E-state index is 11.3. The molecule has 5 nitrogen and oxygen atoms in total. The number of nitrogens with zero attached hydrogens (tertiary/aromatic N) is 1. The number of amides is 1. The van der Waals surface area contributed by atoms with Gasteiger partial charge in [-0.1, -0.05) is 30.3 Å². The first kappa shape index (κ1) is 13.3. The van der Waals surface area contributed by atoms with Crippen LogP contribution >= 0.6 is 0 Å². The van der Waals surface area contributed by atoms with Gasteiger partial charge < -0.3 is 10.6 Å². The summed E-state index contributed by atoms with van der Waals surface area (Å²) in [6.07, 6.45) is 1.78. The molecule has 0 aliphatic carbocycles. The lowest BCUT2D eigenvalue weighted by Gasteiger charge is -2.06. The molecule has 0 aliphatic rings. The van der Waals surface area contributed by atoms with Crippen LogP contribution in [0.4, 0.5) is 0 Å². The Hall–Kier alpha value is -2.14. The molecule has 3 N–H and O–H groups in total. The third-order valence-electron chi connectivity index (χ3n) is 2.76. The topological polar surface area (TPSA) is 69.8 Å². The van der Waals surface area contributed by atoms with Crippen molar-refractivity contribution in [3.63, 3.8) is 0 Å². The lowest BCUT2D eigenvalue weighted by molar-refractivity contribution is -0.120. The summed E-state index contributed by atoms with van der Waals surface area (Å²) in [7, 11) is 0. The van der Waals surface area contributed by atoms with Gasteiger partial charge in [-0.2, -0.15) is 5.10 Å². The van der Waals surface area contributed by atoms with E-state index < -0.39 is 0 Å². The van der Waals surface area contributed by atoms with E-state index in [9.17, 15) is 4.79 Å². The van der Waals surface area contributed by atoms with E-state index >= 15 is 0 Å². The van der Waals surface area contributed by atoms with E-state index in [1.54, 1.807) is 6.20 Å². The number of carbonyl (C=O) groups excluding carboxylic acids is 1. The Bertz CT molecular complexity index is 521. The number of hydrogen-bond donors (Lipinski definition) is 3. The number of benzene rings is 1. The fraction of sp³-hybridized carbons (Fsp3) is 0.286. The van der Waals surface area contributed by atoms with Gasteiger partial charge in [0.25, 0.3) is 0 Å². The second kappa shape index (κ2) is 6.70. The standard InChI is InChI=1S/C14H18N4O/c1-2-16-13(19)10-15-8-12-9-17-18-14(12)11-6-4-3-5-7-11/h3-7,9,15H,2,8,10H2,1H3,(H,16,19)(H,17,18). The van der Waals surface area contributed by atoms with Crippen molar-refractivity contribution >= 4 is 5.91 Å². The maximum absolute atomic E-state index is 11.3. The van der Waals surface area contributed by atoms with Crippen LogP contribution in [0.3, 0.4) is 0 Å². The number of carbonyl (C=O) groups is 1. The summed E-state index contributed by atoms with van der Waals surface area (Å²) in [5.74, 6) is 0.00672. The Kier molecular flexibility index (Phi) is 4.69. The van der Waals surface area contributed by atoms with E-state index in [0.717, 1.165) is 16.8 Å². The summed E-state index contributed by atoms with van der Waals surface area (Å²) < 4.78 is 0. The summed E-state index contributed by atoms with van der Waals surface area (Å²) in [6.45, 7) is 3.48. The zero-order valence-corrected chi connectivity index (χ0v) is 10.9. The van der Waals surface area contributed by atoms with Crippen LogP contribution in [0.5, 0.6) is 0 Å². The maximum Gasteiger partial charge on any atom is 0.233 e. The van der Waals surface area contributed by atoms with Crippen molar-refractivity contribution in [1.82, 2.24) is 20.8 Å². The number of H-pyrrole nitrogens is 1.